The van der Waals surface area contributed by atoms with Gasteiger partial charge in [-0.25, -0.2) is 8.42 Å². The van der Waals surface area contributed by atoms with Crippen molar-refractivity contribution in [3.05, 3.63) is 35.9 Å². The summed E-state index contributed by atoms with van der Waals surface area (Å²) in [6, 6.07) is 9.33. The third-order valence-electron chi connectivity index (χ3n) is 4.42. The van der Waals surface area contributed by atoms with Gasteiger partial charge in [0.15, 0.2) is 0 Å². The van der Waals surface area contributed by atoms with E-state index in [1.54, 1.807) is 0 Å². The Bertz CT molecular complexity index is 583. The van der Waals surface area contributed by atoms with Gasteiger partial charge in [0.1, 0.15) is 10.9 Å². The minimum atomic E-state index is -3.39. The summed E-state index contributed by atoms with van der Waals surface area (Å²) in [4.78, 5) is 0. The van der Waals surface area contributed by atoms with Gasteiger partial charge in [0.25, 0.3) is 0 Å². The van der Waals surface area contributed by atoms with Gasteiger partial charge in [-0.1, -0.05) is 30.3 Å². The Morgan fingerprint density at radius 1 is 1.29 bits per heavy atom. The molecule has 0 bridgehead atoms. The van der Waals surface area contributed by atoms with Crippen molar-refractivity contribution < 1.29 is 18.3 Å². The lowest BCUT2D eigenvalue weighted by molar-refractivity contribution is -0.0126. The van der Waals surface area contributed by atoms with E-state index < -0.39 is 20.9 Å². The monoisotopic (exact) mass is 311 g/mol. The lowest BCUT2D eigenvalue weighted by atomic mass is 9.87. The van der Waals surface area contributed by atoms with Crippen molar-refractivity contribution in [2.24, 2.45) is 0 Å². The molecule has 0 saturated carbocycles. The van der Waals surface area contributed by atoms with E-state index in [0.717, 1.165) is 5.56 Å². The number of ether oxygens (including phenoxy) is 1. The summed E-state index contributed by atoms with van der Waals surface area (Å²) in [5, 5.41) is 10.4. The van der Waals surface area contributed by atoms with Crippen LogP contribution in [0.15, 0.2) is 30.3 Å². The van der Waals surface area contributed by atoms with Gasteiger partial charge in [-0.3, -0.25) is 0 Å². The summed E-state index contributed by atoms with van der Waals surface area (Å²) < 4.78 is 31.9. The summed E-state index contributed by atoms with van der Waals surface area (Å²) in [7, 11) is -3.39. The Morgan fingerprint density at radius 2 is 2.05 bits per heavy atom. The highest BCUT2D eigenvalue weighted by Gasteiger charge is 2.42. The van der Waals surface area contributed by atoms with E-state index in [9.17, 15) is 13.5 Å². The molecule has 0 radical (unpaired) electrons. The minimum Gasteiger partial charge on any atom is -0.384 e. The Labute approximate surface area is 125 Å². The number of piperidine rings is 1. The topological polar surface area (TPSA) is 66.8 Å². The lowest BCUT2D eigenvalue weighted by Crippen LogP contribution is -2.51. The van der Waals surface area contributed by atoms with Crippen LogP contribution in [0.4, 0.5) is 0 Å². The lowest BCUT2D eigenvalue weighted by Gasteiger charge is -2.39. The number of β-amino-alcohol motifs (C(OH)–C–C–N with tert-alkyl or cyclic N) is 1. The highest BCUT2D eigenvalue weighted by Crippen LogP contribution is 2.34. The first-order chi connectivity index (χ1) is 10.0. The van der Waals surface area contributed by atoms with E-state index in [4.69, 9.17) is 4.74 Å². The first kappa shape index (κ1) is 15.0. The third kappa shape index (κ3) is 2.85. The van der Waals surface area contributed by atoms with Gasteiger partial charge in [-0.15, -0.1) is 0 Å². The predicted molar refractivity (Wildman–Crippen MR) is 79.3 cm³/mol. The van der Waals surface area contributed by atoms with Crippen LogP contribution in [0.1, 0.15) is 24.8 Å². The van der Waals surface area contributed by atoms with Crippen LogP contribution in [0.3, 0.4) is 0 Å². The molecule has 2 unspecified atom stereocenters. The zero-order valence-electron chi connectivity index (χ0n) is 11.9. The van der Waals surface area contributed by atoms with Gasteiger partial charge in [0.2, 0.25) is 10.0 Å². The van der Waals surface area contributed by atoms with E-state index in [2.05, 4.69) is 0 Å². The summed E-state index contributed by atoms with van der Waals surface area (Å²) in [6.07, 6.45) is 1.80. The molecular formula is C15H21NO4S. The zero-order chi connectivity index (χ0) is 14.9. The van der Waals surface area contributed by atoms with Gasteiger partial charge in [-0.2, -0.15) is 4.31 Å². The van der Waals surface area contributed by atoms with Crippen molar-refractivity contribution >= 4 is 10.0 Å². The number of hydrogen-bond acceptors (Lipinski definition) is 4. The van der Waals surface area contributed by atoms with Crippen LogP contribution in [-0.4, -0.2) is 49.4 Å². The van der Waals surface area contributed by atoms with E-state index >= 15 is 0 Å². The normalized spacial score (nSPS) is 31.4. The van der Waals surface area contributed by atoms with Gasteiger partial charge >= 0.3 is 0 Å². The molecule has 2 heterocycles. The fraction of sp³-hybridized carbons (Fsp3) is 0.600. The van der Waals surface area contributed by atoms with E-state index in [1.807, 2.05) is 30.3 Å². The Balaban J connectivity index is 1.83. The van der Waals surface area contributed by atoms with Gasteiger partial charge in [0, 0.05) is 19.7 Å². The van der Waals surface area contributed by atoms with Gasteiger partial charge in [0.05, 0.1) is 6.61 Å². The maximum Gasteiger partial charge on any atom is 0.219 e. The minimum absolute atomic E-state index is 0.135. The second-order valence-electron chi connectivity index (χ2n) is 5.87. The maximum absolute atomic E-state index is 12.6. The van der Waals surface area contributed by atoms with Crippen molar-refractivity contribution in [2.45, 2.75) is 30.1 Å². The Morgan fingerprint density at radius 3 is 2.71 bits per heavy atom. The molecule has 1 N–H and O–H groups in total. The number of benzene rings is 1. The largest absolute Gasteiger partial charge is 0.384 e. The third-order valence-corrected chi connectivity index (χ3v) is 6.66. The van der Waals surface area contributed by atoms with Crippen LogP contribution in [0, 0.1) is 0 Å². The quantitative estimate of drug-likeness (QED) is 0.907. The number of rotatable bonds is 3. The molecule has 3 rings (SSSR count). The standard InChI is InChI=1S/C15H21NO4S/c17-15(13-5-2-1-3-6-13)8-4-9-16(12-15)21(18,19)14-7-10-20-11-14/h1-3,5-6,14,17H,4,7-12H2. The first-order valence-corrected chi connectivity index (χ1v) is 8.87. The fourth-order valence-corrected chi connectivity index (χ4v) is 5.02. The van der Waals surface area contributed by atoms with Gasteiger partial charge < -0.3 is 9.84 Å². The molecule has 2 aliphatic rings. The molecule has 5 nitrogen and oxygen atoms in total. The van der Waals surface area contributed by atoms with Crippen LogP contribution in [-0.2, 0) is 20.4 Å². The second kappa shape index (κ2) is 5.68. The maximum atomic E-state index is 12.6. The Hall–Kier alpha value is -0.950. The molecule has 2 atom stereocenters. The molecule has 0 amide bonds. The number of hydrogen-bond donors (Lipinski definition) is 1. The fourth-order valence-electron chi connectivity index (χ4n) is 3.16. The predicted octanol–water partition coefficient (Wildman–Crippen LogP) is 1.09. The summed E-state index contributed by atoms with van der Waals surface area (Å²) in [5.74, 6) is 0. The van der Waals surface area contributed by atoms with Crippen molar-refractivity contribution in [2.75, 3.05) is 26.3 Å². The van der Waals surface area contributed by atoms with E-state index in [1.165, 1.54) is 4.31 Å². The summed E-state index contributed by atoms with van der Waals surface area (Å²) in [6.45, 7) is 1.38. The molecule has 6 heteroatoms. The molecule has 21 heavy (non-hydrogen) atoms. The molecule has 2 saturated heterocycles. The Kier molecular flexibility index (Phi) is 4.05. The van der Waals surface area contributed by atoms with Crippen LogP contribution in [0.25, 0.3) is 0 Å². The van der Waals surface area contributed by atoms with Crippen LogP contribution < -0.4 is 0 Å². The van der Waals surface area contributed by atoms with Crippen molar-refractivity contribution in [1.82, 2.24) is 4.31 Å². The molecule has 2 aliphatic heterocycles. The smallest absolute Gasteiger partial charge is 0.219 e. The average molecular weight is 311 g/mol. The van der Waals surface area contributed by atoms with Crippen molar-refractivity contribution in [3.63, 3.8) is 0 Å². The van der Waals surface area contributed by atoms with Gasteiger partial charge in [-0.05, 0) is 24.8 Å². The molecular weight excluding hydrogens is 290 g/mol. The highest BCUT2D eigenvalue weighted by atomic mass is 32.2. The van der Waals surface area contributed by atoms with Crippen molar-refractivity contribution in [1.29, 1.82) is 0 Å². The van der Waals surface area contributed by atoms with E-state index in [-0.39, 0.29) is 13.2 Å². The number of aliphatic hydroxyl groups is 1. The first-order valence-electron chi connectivity index (χ1n) is 7.37. The zero-order valence-corrected chi connectivity index (χ0v) is 12.8. The average Bonchev–Trinajstić information content (AvgIpc) is 3.03. The molecule has 116 valence electrons. The van der Waals surface area contributed by atoms with Crippen molar-refractivity contribution in [3.8, 4) is 0 Å². The summed E-state index contributed by atoms with van der Waals surface area (Å²) in [5.41, 5.74) is -0.306. The number of nitrogens with zero attached hydrogens (tertiary/aromatic N) is 1. The molecule has 0 aromatic heterocycles. The molecule has 1 aromatic carbocycles. The second-order valence-corrected chi connectivity index (χ2v) is 8.08. The highest BCUT2D eigenvalue weighted by molar-refractivity contribution is 7.89. The van der Waals surface area contributed by atoms with Crippen LogP contribution in [0.2, 0.25) is 0 Å². The number of sulfonamides is 1. The molecule has 0 spiro atoms. The molecule has 0 aliphatic carbocycles. The van der Waals surface area contributed by atoms with Crippen LogP contribution in [0.5, 0.6) is 0 Å². The molecule has 2 fully saturated rings. The van der Waals surface area contributed by atoms with E-state index in [0.29, 0.717) is 32.4 Å². The summed E-state index contributed by atoms with van der Waals surface area (Å²) >= 11 is 0. The van der Waals surface area contributed by atoms with Crippen LogP contribution >= 0.6 is 0 Å². The SMILES string of the molecule is O=S(=O)(C1CCOC1)N1CCCC(O)(c2ccccc2)C1. The molecule has 1 aromatic rings.